The van der Waals surface area contributed by atoms with Gasteiger partial charge in [0.15, 0.2) is 9.84 Å². The molecule has 0 amide bonds. The normalized spacial score (nSPS) is 26.0. The first kappa shape index (κ1) is 8.89. The maximum Gasteiger partial charge on any atom is 0.205 e. The van der Waals surface area contributed by atoms with Gasteiger partial charge in [-0.05, 0) is 6.42 Å². The minimum atomic E-state index is -2.80. The van der Waals surface area contributed by atoms with Crippen LogP contribution in [0, 0.1) is 0 Å². The van der Waals surface area contributed by atoms with Crippen molar-refractivity contribution in [2.45, 2.75) is 12.5 Å². The molecule has 1 aliphatic heterocycles. The summed E-state index contributed by atoms with van der Waals surface area (Å²) >= 11 is 1.38. The third-order valence-corrected chi connectivity index (χ3v) is 4.31. The van der Waals surface area contributed by atoms with Crippen LogP contribution in [0.5, 0.6) is 0 Å². The zero-order chi connectivity index (χ0) is 9.31. The SMILES string of the molecule is O=S1(=O)CCC(Nc2nncs2)C1. The second kappa shape index (κ2) is 3.22. The summed E-state index contributed by atoms with van der Waals surface area (Å²) < 4.78 is 22.2. The first-order valence-electron chi connectivity index (χ1n) is 3.89. The smallest absolute Gasteiger partial charge is 0.205 e. The summed E-state index contributed by atoms with van der Waals surface area (Å²) in [5.74, 6) is 0.496. The number of sulfone groups is 1. The van der Waals surface area contributed by atoms with Gasteiger partial charge in [-0.15, -0.1) is 10.2 Å². The Hall–Kier alpha value is -0.690. The summed E-state index contributed by atoms with van der Waals surface area (Å²) in [5.41, 5.74) is 1.62. The first-order valence-corrected chi connectivity index (χ1v) is 6.59. The van der Waals surface area contributed by atoms with Gasteiger partial charge in [0, 0.05) is 6.04 Å². The van der Waals surface area contributed by atoms with Gasteiger partial charge in [-0.25, -0.2) is 8.42 Å². The van der Waals surface area contributed by atoms with Crippen LogP contribution in [0.3, 0.4) is 0 Å². The number of rotatable bonds is 2. The van der Waals surface area contributed by atoms with Crippen molar-refractivity contribution in [2.24, 2.45) is 0 Å². The molecule has 72 valence electrons. The molecule has 7 heteroatoms. The fourth-order valence-electron chi connectivity index (χ4n) is 1.32. The highest BCUT2D eigenvalue weighted by molar-refractivity contribution is 7.91. The molecule has 1 unspecified atom stereocenters. The molecule has 0 radical (unpaired) electrons. The summed E-state index contributed by atoms with van der Waals surface area (Å²) in [7, 11) is -2.80. The maximum absolute atomic E-state index is 11.1. The van der Waals surface area contributed by atoms with Gasteiger partial charge < -0.3 is 5.32 Å². The molecule has 13 heavy (non-hydrogen) atoms. The fraction of sp³-hybridized carbons (Fsp3) is 0.667. The maximum atomic E-state index is 11.1. The standard InChI is InChI=1S/C6H9N3O2S2/c10-13(11)2-1-5(3-13)8-6-9-7-4-12-6/h4-5H,1-3H2,(H,8,9). The van der Waals surface area contributed by atoms with Gasteiger partial charge >= 0.3 is 0 Å². The number of nitrogens with zero attached hydrogens (tertiary/aromatic N) is 2. The van der Waals surface area contributed by atoms with Crippen LogP contribution in [0.15, 0.2) is 5.51 Å². The number of hydrogen-bond acceptors (Lipinski definition) is 6. The number of nitrogens with one attached hydrogen (secondary N) is 1. The average Bonchev–Trinajstić information content (AvgIpc) is 2.61. The number of hydrogen-bond donors (Lipinski definition) is 1. The van der Waals surface area contributed by atoms with E-state index in [4.69, 9.17) is 0 Å². The molecule has 0 aromatic carbocycles. The van der Waals surface area contributed by atoms with E-state index in [1.807, 2.05) is 0 Å². The largest absolute Gasteiger partial charge is 0.356 e. The van der Waals surface area contributed by atoms with E-state index in [0.717, 1.165) is 0 Å². The van der Waals surface area contributed by atoms with E-state index in [2.05, 4.69) is 15.5 Å². The van der Waals surface area contributed by atoms with Crippen LogP contribution in [0.25, 0.3) is 0 Å². The van der Waals surface area contributed by atoms with E-state index in [1.54, 1.807) is 5.51 Å². The zero-order valence-corrected chi connectivity index (χ0v) is 8.44. The van der Waals surface area contributed by atoms with E-state index in [0.29, 0.717) is 11.6 Å². The molecule has 2 heterocycles. The molecular weight excluding hydrogens is 210 g/mol. The van der Waals surface area contributed by atoms with Crippen LogP contribution in [0.2, 0.25) is 0 Å². The minimum Gasteiger partial charge on any atom is -0.356 e. The Morgan fingerprint density at radius 3 is 3.00 bits per heavy atom. The molecule has 1 fully saturated rings. The first-order chi connectivity index (χ1) is 6.16. The fourth-order valence-corrected chi connectivity index (χ4v) is 3.52. The van der Waals surface area contributed by atoms with Gasteiger partial charge in [0.1, 0.15) is 5.51 Å². The highest BCUT2D eigenvalue weighted by Crippen LogP contribution is 2.17. The Bertz CT molecular complexity index is 373. The van der Waals surface area contributed by atoms with Crippen LogP contribution < -0.4 is 5.32 Å². The van der Waals surface area contributed by atoms with E-state index >= 15 is 0 Å². The van der Waals surface area contributed by atoms with Crippen molar-refractivity contribution in [1.29, 1.82) is 0 Å². The molecule has 1 aromatic heterocycles. The van der Waals surface area contributed by atoms with Crippen molar-refractivity contribution < 1.29 is 8.42 Å². The molecule has 5 nitrogen and oxygen atoms in total. The van der Waals surface area contributed by atoms with Crippen LogP contribution in [0.4, 0.5) is 5.13 Å². The number of aromatic nitrogens is 2. The summed E-state index contributed by atoms with van der Waals surface area (Å²) in [6.45, 7) is 0. The predicted molar refractivity (Wildman–Crippen MR) is 50.6 cm³/mol. The van der Waals surface area contributed by atoms with Crippen molar-refractivity contribution >= 4 is 26.3 Å². The molecule has 1 aliphatic rings. The van der Waals surface area contributed by atoms with E-state index < -0.39 is 9.84 Å². The van der Waals surface area contributed by atoms with Crippen molar-refractivity contribution in [3.8, 4) is 0 Å². The Labute approximate surface area is 80.1 Å². The van der Waals surface area contributed by atoms with Crippen LogP contribution >= 0.6 is 11.3 Å². The highest BCUT2D eigenvalue weighted by atomic mass is 32.2. The average molecular weight is 219 g/mol. The third-order valence-electron chi connectivity index (χ3n) is 1.92. The number of anilines is 1. The van der Waals surface area contributed by atoms with Crippen molar-refractivity contribution in [2.75, 3.05) is 16.8 Å². The highest BCUT2D eigenvalue weighted by Gasteiger charge is 2.28. The van der Waals surface area contributed by atoms with Gasteiger partial charge in [0.2, 0.25) is 5.13 Å². The lowest BCUT2D eigenvalue weighted by Crippen LogP contribution is -2.20. The monoisotopic (exact) mass is 219 g/mol. The lowest BCUT2D eigenvalue weighted by Gasteiger charge is -2.06. The summed E-state index contributed by atoms with van der Waals surface area (Å²) in [4.78, 5) is 0. The molecule has 1 aromatic rings. The zero-order valence-electron chi connectivity index (χ0n) is 6.80. The lowest BCUT2D eigenvalue weighted by atomic mass is 10.3. The molecule has 0 spiro atoms. The van der Waals surface area contributed by atoms with Crippen molar-refractivity contribution in [3.63, 3.8) is 0 Å². The summed E-state index contributed by atoms with van der Waals surface area (Å²) in [6.07, 6.45) is 0.669. The van der Waals surface area contributed by atoms with Crippen LogP contribution in [-0.2, 0) is 9.84 Å². The van der Waals surface area contributed by atoms with Crippen molar-refractivity contribution in [3.05, 3.63) is 5.51 Å². The van der Waals surface area contributed by atoms with E-state index in [1.165, 1.54) is 11.3 Å². The van der Waals surface area contributed by atoms with Gasteiger partial charge in [-0.2, -0.15) is 0 Å². The Balaban J connectivity index is 1.99. The molecule has 1 N–H and O–H groups in total. The quantitative estimate of drug-likeness (QED) is 0.766. The minimum absolute atomic E-state index is 0.0120. The lowest BCUT2D eigenvalue weighted by molar-refractivity contribution is 0.602. The Kier molecular flexibility index (Phi) is 2.20. The van der Waals surface area contributed by atoms with Gasteiger partial charge in [-0.1, -0.05) is 11.3 Å². The molecule has 0 aliphatic carbocycles. The summed E-state index contributed by atoms with van der Waals surface area (Å²) in [6, 6.07) is 0.0120. The molecule has 1 atom stereocenters. The Morgan fingerprint density at radius 2 is 2.46 bits per heavy atom. The summed E-state index contributed by atoms with van der Waals surface area (Å²) in [5, 5.41) is 11.2. The third kappa shape index (κ3) is 2.16. The van der Waals surface area contributed by atoms with Crippen molar-refractivity contribution in [1.82, 2.24) is 10.2 Å². The van der Waals surface area contributed by atoms with E-state index in [9.17, 15) is 8.42 Å². The molecule has 0 saturated carbocycles. The molecular formula is C6H9N3O2S2. The van der Waals surface area contributed by atoms with Gasteiger partial charge in [-0.3, -0.25) is 0 Å². The van der Waals surface area contributed by atoms with Crippen LogP contribution in [0.1, 0.15) is 6.42 Å². The van der Waals surface area contributed by atoms with Crippen LogP contribution in [-0.4, -0.2) is 36.2 Å². The topological polar surface area (TPSA) is 72.0 Å². The predicted octanol–water partition coefficient (Wildman–Crippen LogP) is 0.137. The van der Waals surface area contributed by atoms with Gasteiger partial charge in [0.05, 0.1) is 11.5 Å². The van der Waals surface area contributed by atoms with Gasteiger partial charge in [0.25, 0.3) is 0 Å². The molecule has 1 saturated heterocycles. The second-order valence-electron chi connectivity index (χ2n) is 2.99. The second-order valence-corrected chi connectivity index (χ2v) is 6.05. The Morgan fingerprint density at radius 1 is 1.62 bits per heavy atom. The molecule has 2 rings (SSSR count). The van der Waals surface area contributed by atoms with E-state index in [-0.39, 0.29) is 17.5 Å². The molecule has 0 bridgehead atoms.